The monoisotopic (exact) mass is 385 g/mol. The molecule has 0 saturated heterocycles. The average molecular weight is 385 g/mol. The third-order valence-corrected chi connectivity index (χ3v) is 4.94. The fourth-order valence-corrected chi connectivity index (χ4v) is 3.44. The smallest absolute Gasteiger partial charge is 0.251 e. The minimum absolute atomic E-state index is 0.238. The summed E-state index contributed by atoms with van der Waals surface area (Å²) in [5.41, 5.74) is 2.81. The lowest BCUT2D eigenvalue weighted by molar-refractivity contribution is 0.0950. The quantitative estimate of drug-likeness (QED) is 0.455. The van der Waals surface area contributed by atoms with Gasteiger partial charge in [-0.3, -0.25) is 9.89 Å². The molecule has 2 aromatic heterocycles. The number of nitrogens with one attached hydrogen (secondary N) is 2. The van der Waals surface area contributed by atoms with Crippen molar-refractivity contribution >= 4 is 27.6 Å². The van der Waals surface area contributed by atoms with Crippen LogP contribution in [0.15, 0.2) is 77.6 Å². The van der Waals surface area contributed by atoms with Gasteiger partial charge in [0, 0.05) is 28.6 Å². The lowest BCUT2D eigenvalue weighted by Crippen LogP contribution is -2.22. The molecule has 0 atom stereocenters. The summed E-state index contributed by atoms with van der Waals surface area (Å²) in [6.07, 6.45) is 3.09. The Hall–Kier alpha value is -3.93. The van der Waals surface area contributed by atoms with Crippen LogP contribution in [0.2, 0.25) is 0 Å². The molecule has 142 valence electrons. The molecular weight excluding hydrogens is 369 g/mol. The van der Waals surface area contributed by atoms with Gasteiger partial charge in [0.1, 0.15) is 17.0 Å². The molecule has 0 bridgehead atoms. The minimum atomic E-state index is -0.518. The van der Waals surface area contributed by atoms with Gasteiger partial charge >= 0.3 is 0 Å². The summed E-state index contributed by atoms with van der Waals surface area (Å²) in [5, 5.41) is 12.6. The van der Waals surface area contributed by atoms with E-state index in [1.165, 1.54) is 12.3 Å². The number of aromatic amines is 1. The first-order valence-corrected chi connectivity index (χ1v) is 9.15. The summed E-state index contributed by atoms with van der Waals surface area (Å²) in [7, 11) is 0. The first kappa shape index (κ1) is 17.2. The van der Waals surface area contributed by atoms with E-state index in [4.69, 9.17) is 4.42 Å². The van der Waals surface area contributed by atoms with Gasteiger partial charge < -0.3 is 9.73 Å². The van der Waals surface area contributed by atoms with Crippen LogP contribution >= 0.6 is 0 Å². The summed E-state index contributed by atoms with van der Waals surface area (Å²) < 4.78 is 19.6. The van der Waals surface area contributed by atoms with Crippen molar-refractivity contribution in [2.45, 2.75) is 6.54 Å². The molecule has 5 rings (SSSR count). The highest BCUT2D eigenvalue weighted by atomic mass is 19.1. The normalized spacial score (nSPS) is 11.2. The maximum atomic E-state index is 14.6. The highest BCUT2D eigenvalue weighted by molar-refractivity contribution is 6.02. The number of carbonyl (C=O) groups excluding carboxylic acids is 1. The Morgan fingerprint density at radius 3 is 2.76 bits per heavy atom. The van der Waals surface area contributed by atoms with Crippen LogP contribution in [0.25, 0.3) is 32.9 Å². The molecule has 5 nitrogen and oxygen atoms in total. The Morgan fingerprint density at radius 1 is 1.07 bits per heavy atom. The molecular formula is C23H16FN3O2. The Morgan fingerprint density at radius 2 is 1.93 bits per heavy atom. The molecule has 0 aliphatic carbocycles. The third kappa shape index (κ3) is 3.14. The van der Waals surface area contributed by atoms with E-state index in [0.717, 1.165) is 21.9 Å². The lowest BCUT2D eigenvalue weighted by atomic mass is 10.0. The second-order valence-corrected chi connectivity index (χ2v) is 6.83. The molecule has 2 heterocycles. The fraction of sp³-hybridized carbons (Fsp3) is 0.0435. The van der Waals surface area contributed by atoms with E-state index in [1.54, 1.807) is 18.4 Å². The van der Waals surface area contributed by atoms with E-state index in [9.17, 15) is 9.18 Å². The van der Waals surface area contributed by atoms with Gasteiger partial charge in [-0.1, -0.05) is 36.4 Å². The zero-order valence-corrected chi connectivity index (χ0v) is 15.3. The fourth-order valence-electron chi connectivity index (χ4n) is 3.44. The number of benzene rings is 3. The number of H-pyrrole nitrogens is 1. The maximum Gasteiger partial charge on any atom is 0.251 e. The standard InChI is InChI=1S/C23H16FN3O2/c24-20-11-18(23(28)25-12-14-7-8-29-13-14)10-19-21(26-27-22(19)20)17-6-5-15-3-1-2-4-16(15)9-17/h1-11,13H,12H2,(H,25,28)(H,26,27). The van der Waals surface area contributed by atoms with Crippen LogP contribution < -0.4 is 5.32 Å². The van der Waals surface area contributed by atoms with Gasteiger partial charge in [-0.15, -0.1) is 0 Å². The van der Waals surface area contributed by atoms with E-state index in [0.29, 0.717) is 17.6 Å². The van der Waals surface area contributed by atoms with Gasteiger partial charge in [0.2, 0.25) is 0 Å². The lowest BCUT2D eigenvalue weighted by Gasteiger charge is -2.06. The molecule has 0 unspecified atom stereocenters. The number of nitrogens with zero attached hydrogens (tertiary/aromatic N) is 1. The molecule has 0 saturated carbocycles. The molecule has 0 spiro atoms. The first-order valence-electron chi connectivity index (χ1n) is 9.15. The number of rotatable bonds is 4. The van der Waals surface area contributed by atoms with Crippen LogP contribution in [0.5, 0.6) is 0 Å². The third-order valence-electron chi connectivity index (χ3n) is 4.94. The van der Waals surface area contributed by atoms with Crippen molar-refractivity contribution in [2.24, 2.45) is 0 Å². The molecule has 2 N–H and O–H groups in total. The van der Waals surface area contributed by atoms with Gasteiger partial charge in [0.25, 0.3) is 5.91 Å². The molecule has 0 radical (unpaired) electrons. The van der Waals surface area contributed by atoms with Crippen molar-refractivity contribution in [3.8, 4) is 11.3 Å². The highest BCUT2D eigenvalue weighted by Gasteiger charge is 2.16. The summed E-state index contributed by atoms with van der Waals surface area (Å²) in [4.78, 5) is 12.5. The minimum Gasteiger partial charge on any atom is -0.472 e. The maximum absolute atomic E-state index is 14.6. The second kappa shape index (κ2) is 6.91. The first-order chi connectivity index (χ1) is 14.2. The number of fused-ring (bicyclic) bond motifs is 2. The predicted octanol–water partition coefficient (Wildman–Crippen LogP) is 5.05. The molecule has 1 amide bonds. The predicted molar refractivity (Wildman–Crippen MR) is 109 cm³/mol. The summed E-state index contributed by atoms with van der Waals surface area (Å²) in [5.74, 6) is -0.881. The molecule has 0 aliphatic heterocycles. The SMILES string of the molecule is O=C(NCc1ccoc1)c1cc(F)c2[nH]nc(-c3ccc4ccccc4c3)c2c1. The van der Waals surface area contributed by atoms with E-state index < -0.39 is 5.82 Å². The molecule has 0 fully saturated rings. The Labute approximate surface area is 165 Å². The van der Waals surface area contributed by atoms with Crippen molar-refractivity contribution in [1.29, 1.82) is 0 Å². The number of hydrogen-bond acceptors (Lipinski definition) is 3. The van der Waals surface area contributed by atoms with Crippen molar-refractivity contribution in [1.82, 2.24) is 15.5 Å². The van der Waals surface area contributed by atoms with Gasteiger partial charge in [0.15, 0.2) is 0 Å². The van der Waals surface area contributed by atoms with E-state index in [1.807, 2.05) is 42.5 Å². The van der Waals surface area contributed by atoms with Crippen LogP contribution in [0.4, 0.5) is 4.39 Å². The van der Waals surface area contributed by atoms with Crippen LogP contribution in [-0.4, -0.2) is 16.1 Å². The number of halogens is 1. The van der Waals surface area contributed by atoms with Gasteiger partial charge in [0.05, 0.1) is 12.5 Å². The van der Waals surface area contributed by atoms with Crippen molar-refractivity contribution < 1.29 is 13.6 Å². The zero-order valence-electron chi connectivity index (χ0n) is 15.3. The second-order valence-electron chi connectivity index (χ2n) is 6.83. The van der Waals surface area contributed by atoms with E-state index >= 15 is 0 Å². The largest absolute Gasteiger partial charge is 0.472 e. The van der Waals surface area contributed by atoms with Crippen molar-refractivity contribution in [3.05, 3.63) is 90.1 Å². The summed E-state index contributed by atoms with van der Waals surface area (Å²) >= 11 is 0. The average Bonchev–Trinajstić information content (AvgIpc) is 3.41. The van der Waals surface area contributed by atoms with Gasteiger partial charge in [-0.2, -0.15) is 5.10 Å². The molecule has 3 aromatic carbocycles. The van der Waals surface area contributed by atoms with E-state index in [2.05, 4.69) is 15.5 Å². The number of hydrogen-bond donors (Lipinski definition) is 2. The highest BCUT2D eigenvalue weighted by Crippen LogP contribution is 2.30. The van der Waals surface area contributed by atoms with E-state index in [-0.39, 0.29) is 17.0 Å². The molecule has 6 heteroatoms. The molecule has 29 heavy (non-hydrogen) atoms. The zero-order chi connectivity index (χ0) is 19.8. The van der Waals surface area contributed by atoms with Crippen LogP contribution in [0.3, 0.4) is 0 Å². The van der Waals surface area contributed by atoms with Gasteiger partial charge in [-0.05, 0) is 35.0 Å². The number of furan rings is 1. The Balaban J connectivity index is 1.54. The number of carbonyl (C=O) groups is 1. The topological polar surface area (TPSA) is 70.9 Å². The summed E-state index contributed by atoms with van der Waals surface area (Å²) in [6, 6.07) is 18.6. The summed E-state index contributed by atoms with van der Waals surface area (Å²) in [6.45, 7) is 0.303. The Bertz CT molecular complexity index is 1340. The van der Waals surface area contributed by atoms with Crippen molar-refractivity contribution in [3.63, 3.8) is 0 Å². The van der Waals surface area contributed by atoms with Crippen LogP contribution in [0, 0.1) is 5.82 Å². The van der Waals surface area contributed by atoms with Gasteiger partial charge in [-0.25, -0.2) is 4.39 Å². The molecule has 0 aliphatic rings. The van der Waals surface area contributed by atoms with Crippen LogP contribution in [-0.2, 0) is 6.54 Å². The number of aromatic nitrogens is 2. The Kier molecular flexibility index (Phi) is 4.09. The molecule has 5 aromatic rings. The number of amides is 1. The van der Waals surface area contributed by atoms with Crippen LogP contribution in [0.1, 0.15) is 15.9 Å². The van der Waals surface area contributed by atoms with Crippen molar-refractivity contribution in [2.75, 3.05) is 0 Å².